The zero-order valence-corrected chi connectivity index (χ0v) is 17.3. The molecular weight excluding hydrogens is 426 g/mol. The third kappa shape index (κ3) is 3.35. The van der Waals surface area contributed by atoms with Crippen LogP contribution in [0.4, 0.5) is 14.7 Å². The number of rotatable bonds is 3. The molecule has 0 unspecified atom stereocenters. The van der Waals surface area contributed by atoms with Crippen LogP contribution in [0.25, 0.3) is 10.9 Å². The van der Waals surface area contributed by atoms with Crippen LogP contribution in [0.15, 0.2) is 59.6 Å². The highest BCUT2D eigenvalue weighted by Gasteiger charge is 2.57. The molecule has 2 saturated heterocycles. The number of hydrogen-bond donors (Lipinski definition) is 0. The molecular formula is C21H20F2N4O3S. The molecule has 0 bridgehead atoms. The van der Waals surface area contributed by atoms with Gasteiger partial charge in [0.15, 0.2) is 11.9 Å². The Morgan fingerprint density at radius 2 is 1.94 bits per heavy atom. The van der Waals surface area contributed by atoms with Crippen molar-refractivity contribution in [2.75, 3.05) is 31.1 Å². The van der Waals surface area contributed by atoms with Crippen LogP contribution < -0.4 is 4.90 Å². The third-order valence-corrected chi connectivity index (χ3v) is 7.76. The molecule has 31 heavy (non-hydrogen) atoms. The lowest BCUT2D eigenvalue weighted by atomic mass is 9.99. The second kappa shape index (κ2) is 7.47. The summed E-state index contributed by atoms with van der Waals surface area (Å²) in [6.07, 6.45) is 0.0245. The maximum Gasteiger partial charge on any atom is 0.245 e. The van der Waals surface area contributed by atoms with E-state index in [9.17, 15) is 12.8 Å². The zero-order chi connectivity index (χ0) is 21.6. The number of alkyl halides is 1. The van der Waals surface area contributed by atoms with Crippen molar-refractivity contribution in [2.45, 2.75) is 23.2 Å². The van der Waals surface area contributed by atoms with Gasteiger partial charge in [0.25, 0.3) is 0 Å². The van der Waals surface area contributed by atoms with E-state index in [2.05, 4.69) is 9.97 Å². The second-order valence-electron chi connectivity index (χ2n) is 7.62. The first-order valence-corrected chi connectivity index (χ1v) is 11.4. The molecule has 2 aliphatic rings. The minimum absolute atomic E-state index is 0.0929. The fourth-order valence-corrected chi connectivity index (χ4v) is 6.00. The molecule has 5 rings (SSSR count). The molecule has 2 atom stereocenters. The Balaban J connectivity index is 1.42. The summed E-state index contributed by atoms with van der Waals surface area (Å²) in [6, 6.07) is 12.2. The highest BCUT2D eigenvalue weighted by atomic mass is 32.2. The maximum atomic E-state index is 15.6. The van der Waals surface area contributed by atoms with Crippen LogP contribution in [0.5, 0.6) is 0 Å². The van der Waals surface area contributed by atoms with Crippen molar-refractivity contribution in [1.29, 1.82) is 0 Å². The van der Waals surface area contributed by atoms with Crippen molar-refractivity contribution in [3.63, 3.8) is 0 Å². The number of sulfonamides is 1. The van der Waals surface area contributed by atoms with Crippen molar-refractivity contribution in [3.05, 3.63) is 60.5 Å². The predicted octanol–water partition coefficient (Wildman–Crippen LogP) is 2.73. The Labute approximate surface area is 178 Å². The van der Waals surface area contributed by atoms with Crippen LogP contribution in [-0.4, -0.2) is 60.8 Å². The van der Waals surface area contributed by atoms with Gasteiger partial charge in [0.1, 0.15) is 5.82 Å². The quantitative estimate of drug-likeness (QED) is 0.616. The molecule has 7 nitrogen and oxygen atoms in total. The highest BCUT2D eigenvalue weighted by molar-refractivity contribution is 7.89. The van der Waals surface area contributed by atoms with E-state index in [4.69, 9.17) is 4.74 Å². The minimum Gasteiger partial charge on any atom is -0.355 e. The fourth-order valence-electron chi connectivity index (χ4n) is 4.26. The summed E-state index contributed by atoms with van der Waals surface area (Å²) in [5.41, 5.74) is -1.00. The smallest absolute Gasteiger partial charge is 0.245 e. The van der Waals surface area contributed by atoms with Crippen molar-refractivity contribution >= 4 is 26.9 Å². The van der Waals surface area contributed by atoms with E-state index in [0.717, 1.165) is 4.31 Å². The number of aromatic nitrogens is 2. The molecule has 0 aliphatic carbocycles. The van der Waals surface area contributed by atoms with Gasteiger partial charge in [-0.05, 0) is 30.3 Å². The number of nitrogens with zero attached hydrogens (tertiary/aromatic N) is 4. The number of fused-ring (bicyclic) bond motifs is 1. The Morgan fingerprint density at radius 3 is 2.71 bits per heavy atom. The molecule has 0 saturated carbocycles. The van der Waals surface area contributed by atoms with E-state index < -0.39 is 21.9 Å². The molecule has 1 aromatic heterocycles. The Kier molecular flexibility index (Phi) is 4.87. The van der Waals surface area contributed by atoms with Gasteiger partial charge in [-0.3, -0.25) is 0 Å². The van der Waals surface area contributed by atoms with Gasteiger partial charge in [-0.25, -0.2) is 27.2 Å². The predicted molar refractivity (Wildman–Crippen MR) is 110 cm³/mol. The van der Waals surface area contributed by atoms with Gasteiger partial charge in [0.05, 0.1) is 23.6 Å². The monoisotopic (exact) mass is 446 g/mol. The summed E-state index contributed by atoms with van der Waals surface area (Å²) < 4.78 is 62.2. The first kappa shape index (κ1) is 20.2. The average molecular weight is 446 g/mol. The molecule has 0 N–H and O–H groups in total. The summed E-state index contributed by atoms with van der Waals surface area (Å²) >= 11 is 0. The van der Waals surface area contributed by atoms with E-state index >= 15 is 4.39 Å². The molecule has 2 aliphatic heterocycles. The Hall–Kier alpha value is -2.69. The van der Waals surface area contributed by atoms with Gasteiger partial charge in [-0.1, -0.05) is 18.2 Å². The van der Waals surface area contributed by atoms with Crippen LogP contribution in [0.2, 0.25) is 0 Å². The van der Waals surface area contributed by atoms with Crippen LogP contribution in [0.3, 0.4) is 0 Å². The summed E-state index contributed by atoms with van der Waals surface area (Å²) in [6.45, 7) is 0.418. The van der Waals surface area contributed by atoms with Gasteiger partial charge < -0.3 is 9.64 Å². The van der Waals surface area contributed by atoms with Gasteiger partial charge in [0, 0.05) is 31.1 Å². The molecule has 2 aromatic carbocycles. The molecule has 162 valence electrons. The molecule has 0 amide bonds. The van der Waals surface area contributed by atoms with E-state index in [0.29, 0.717) is 23.4 Å². The van der Waals surface area contributed by atoms with Gasteiger partial charge in [-0.2, -0.15) is 4.31 Å². The van der Waals surface area contributed by atoms with Crippen molar-refractivity contribution in [2.24, 2.45) is 0 Å². The van der Waals surface area contributed by atoms with Gasteiger partial charge in [-0.15, -0.1) is 0 Å². The number of benzene rings is 2. The lowest BCUT2D eigenvalue weighted by molar-refractivity contribution is -0.116. The zero-order valence-electron chi connectivity index (χ0n) is 16.5. The average Bonchev–Trinajstić information content (AvgIpc) is 3.21. The third-order valence-electron chi connectivity index (χ3n) is 5.82. The molecule has 2 fully saturated rings. The molecule has 10 heteroatoms. The topological polar surface area (TPSA) is 75.6 Å². The van der Waals surface area contributed by atoms with E-state index in [-0.39, 0.29) is 36.8 Å². The van der Waals surface area contributed by atoms with Gasteiger partial charge in [0.2, 0.25) is 16.0 Å². The number of anilines is 1. The minimum atomic E-state index is -3.91. The van der Waals surface area contributed by atoms with E-state index in [1.807, 2.05) is 0 Å². The fraction of sp³-hybridized carbons (Fsp3) is 0.333. The first-order chi connectivity index (χ1) is 14.9. The SMILES string of the molecule is O=S(=O)(c1ccccc1)N1CCO[C@]12CCN(c1ncc3cc(F)ccc3n1)C[C@@H]2F. The van der Waals surface area contributed by atoms with Crippen molar-refractivity contribution in [1.82, 2.24) is 14.3 Å². The van der Waals surface area contributed by atoms with Crippen molar-refractivity contribution in [3.8, 4) is 0 Å². The van der Waals surface area contributed by atoms with Crippen LogP contribution in [0, 0.1) is 5.82 Å². The largest absolute Gasteiger partial charge is 0.355 e. The second-order valence-corrected chi connectivity index (χ2v) is 9.48. The highest BCUT2D eigenvalue weighted by Crippen LogP contribution is 2.40. The summed E-state index contributed by atoms with van der Waals surface area (Å²) in [7, 11) is -3.91. The van der Waals surface area contributed by atoms with Crippen molar-refractivity contribution < 1.29 is 21.9 Å². The molecule has 3 aromatic rings. The normalized spacial score (nSPS) is 24.8. The van der Waals surface area contributed by atoms with Crippen LogP contribution in [-0.2, 0) is 14.8 Å². The first-order valence-electron chi connectivity index (χ1n) is 9.93. The number of ether oxygens (including phenoxy) is 1. The molecule has 1 spiro atoms. The molecule has 3 heterocycles. The number of hydrogen-bond acceptors (Lipinski definition) is 6. The standard InChI is InChI=1S/C21H20F2N4O3S/c22-16-6-7-18-15(12-16)13-24-20(25-18)26-9-8-21(19(23)14-26)27(10-11-30-21)31(28,29)17-4-2-1-3-5-17/h1-7,12-13,19H,8-11,14H2/t19-,21-/m0/s1. The number of piperidine rings is 1. The summed E-state index contributed by atoms with van der Waals surface area (Å²) in [5, 5.41) is 0.549. The van der Waals surface area contributed by atoms with E-state index in [1.165, 1.54) is 30.5 Å². The van der Waals surface area contributed by atoms with Gasteiger partial charge >= 0.3 is 0 Å². The lowest BCUT2D eigenvalue weighted by Gasteiger charge is -2.44. The van der Waals surface area contributed by atoms with Crippen LogP contribution >= 0.6 is 0 Å². The molecule has 0 radical (unpaired) electrons. The van der Waals surface area contributed by atoms with Crippen LogP contribution in [0.1, 0.15) is 6.42 Å². The maximum absolute atomic E-state index is 15.6. The Bertz CT molecular complexity index is 1230. The summed E-state index contributed by atoms with van der Waals surface area (Å²) in [5.74, 6) is -0.0715. The lowest BCUT2D eigenvalue weighted by Crippen LogP contribution is -2.62. The van der Waals surface area contributed by atoms with E-state index in [1.54, 1.807) is 29.2 Å². The summed E-state index contributed by atoms with van der Waals surface area (Å²) in [4.78, 5) is 10.4. The Morgan fingerprint density at radius 1 is 1.13 bits per heavy atom. The number of halogens is 2.